The number of imide groups is 1. The number of aromatic nitrogens is 3. The molecule has 6 rings (SSSR count). The first kappa shape index (κ1) is 22.7. The quantitative estimate of drug-likeness (QED) is 0.263. The second kappa shape index (κ2) is 8.41. The molecule has 0 saturated heterocycles. The van der Waals surface area contributed by atoms with Crippen molar-refractivity contribution in [2.75, 3.05) is 0 Å². The molecule has 3 heterocycles. The molecular formula is C28H22N4O5. The van der Waals surface area contributed by atoms with Gasteiger partial charge in [0.2, 0.25) is 0 Å². The molecule has 0 bridgehead atoms. The van der Waals surface area contributed by atoms with Crippen LogP contribution in [0.2, 0.25) is 0 Å². The Bertz CT molecular complexity index is 1780. The predicted octanol–water partition coefficient (Wildman–Crippen LogP) is 4.42. The summed E-state index contributed by atoms with van der Waals surface area (Å²) in [5, 5.41) is 10.7. The second-order valence-corrected chi connectivity index (χ2v) is 9.28. The van der Waals surface area contributed by atoms with E-state index in [0.29, 0.717) is 39.2 Å². The highest BCUT2D eigenvalue weighted by molar-refractivity contribution is 6.26. The lowest BCUT2D eigenvalue weighted by Crippen LogP contribution is -2.44. The van der Waals surface area contributed by atoms with Crippen LogP contribution in [-0.2, 0) is 6.61 Å². The molecule has 2 aromatic heterocycles. The van der Waals surface area contributed by atoms with E-state index in [9.17, 15) is 14.4 Å². The fourth-order valence-electron chi connectivity index (χ4n) is 4.80. The largest absolute Gasteiger partial charge is 0.487 e. The fourth-order valence-corrected chi connectivity index (χ4v) is 4.80. The molecule has 2 amide bonds. The van der Waals surface area contributed by atoms with Crippen LogP contribution in [0.5, 0.6) is 5.75 Å². The average molecular weight is 495 g/mol. The van der Waals surface area contributed by atoms with Gasteiger partial charge in [0.25, 0.3) is 11.8 Å². The van der Waals surface area contributed by atoms with Crippen molar-refractivity contribution in [1.29, 1.82) is 0 Å². The number of amides is 2. The topological polar surface area (TPSA) is 108 Å². The van der Waals surface area contributed by atoms with E-state index in [1.165, 1.54) is 11.0 Å². The maximum absolute atomic E-state index is 13.1. The van der Waals surface area contributed by atoms with Gasteiger partial charge in [-0.15, -0.1) is 5.10 Å². The molecule has 0 unspecified atom stereocenters. The van der Waals surface area contributed by atoms with Gasteiger partial charge in [0.15, 0.2) is 0 Å². The normalized spacial score (nSPS) is 13.2. The van der Waals surface area contributed by atoms with Crippen LogP contribution in [0.1, 0.15) is 45.8 Å². The number of benzene rings is 3. The molecule has 1 aliphatic heterocycles. The zero-order valence-electron chi connectivity index (χ0n) is 20.4. The molecule has 0 fully saturated rings. The Hall–Kier alpha value is -4.79. The van der Waals surface area contributed by atoms with Gasteiger partial charge in [-0.05, 0) is 56.7 Å². The number of fused-ring (bicyclic) bond motifs is 1. The Morgan fingerprint density at radius 3 is 2.51 bits per heavy atom. The number of rotatable bonds is 5. The SMILES string of the molecule is Cc1cc(=O)oc2cc(OCc3cn(-c4ccc5c6c(cccc46)C(=O)N(C(C)C)C5=O)nn3)ccc12. The summed E-state index contributed by atoms with van der Waals surface area (Å²) < 4.78 is 12.8. The number of carbonyl (C=O) groups excluding carboxylic acids is 2. The maximum Gasteiger partial charge on any atom is 0.336 e. The summed E-state index contributed by atoms with van der Waals surface area (Å²) in [5.41, 5.74) is 3.13. The lowest BCUT2D eigenvalue weighted by molar-refractivity contribution is 0.0564. The van der Waals surface area contributed by atoms with Crippen LogP contribution in [-0.4, -0.2) is 37.7 Å². The number of nitrogens with zero attached hydrogens (tertiary/aromatic N) is 4. The van der Waals surface area contributed by atoms with Crippen LogP contribution < -0.4 is 10.4 Å². The van der Waals surface area contributed by atoms with Gasteiger partial charge >= 0.3 is 5.63 Å². The first-order chi connectivity index (χ1) is 17.8. The lowest BCUT2D eigenvalue weighted by Gasteiger charge is -2.30. The van der Waals surface area contributed by atoms with E-state index >= 15 is 0 Å². The Kier molecular flexibility index (Phi) is 5.15. The van der Waals surface area contributed by atoms with Gasteiger partial charge in [-0.25, -0.2) is 9.48 Å². The molecule has 0 N–H and O–H groups in total. The summed E-state index contributed by atoms with van der Waals surface area (Å²) in [5.74, 6) is -0.0715. The molecule has 0 atom stereocenters. The Balaban J connectivity index is 1.31. The molecule has 3 aromatic carbocycles. The van der Waals surface area contributed by atoms with Crippen LogP contribution in [0.4, 0.5) is 0 Å². The minimum atomic E-state index is -0.411. The van der Waals surface area contributed by atoms with Gasteiger partial charge in [0.05, 0.1) is 11.9 Å². The van der Waals surface area contributed by atoms with Crippen LogP contribution >= 0.6 is 0 Å². The van der Waals surface area contributed by atoms with Gasteiger partial charge in [0.1, 0.15) is 23.6 Å². The highest BCUT2D eigenvalue weighted by Gasteiger charge is 2.35. The minimum Gasteiger partial charge on any atom is -0.487 e. The van der Waals surface area contributed by atoms with E-state index in [1.54, 1.807) is 47.3 Å². The van der Waals surface area contributed by atoms with Gasteiger partial charge in [-0.2, -0.15) is 0 Å². The van der Waals surface area contributed by atoms with Gasteiger partial charge < -0.3 is 9.15 Å². The summed E-state index contributed by atoms with van der Waals surface area (Å²) in [6, 6.07) is 15.5. The van der Waals surface area contributed by atoms with Crippen molar-refractivity contribution in [1.82, 2.24) is 19.9 Å². The van der Waals surface area contributed by atoms with Gasteiger partial charge in [-0.1, -0.05) is 17.3 Å². The molecule has 0 radical (unpaired) electrons. The monoisotopic (exact) mass is 494 g/mol. The molecule has 0 aliphatic carbocycles. The molecule has 184 valence electrons. The van der Waals surface area contributed by atoms with Crippen molar-refractivity contribution in [2.24, 2.45) is 0 Å². The molecule has 5 aromatic rings. The zero-order valence-corrected chi connectivity index (χ0v) is 20.4. The smallest absolute Gasteiger partial charge is 0.336 e. The Morgan fingerprint density at radius 2 is 1.73 bits per heavy atom. The highest BCUT2D eigenvalue weighted by Crippen LogP contribution is 2.34. The molecule has 1 aliphatic rings. The minimum absolute atomic E-state index is 0.142. The van der Waals surface area contributed by atoms with Crippen LogP contribution in [0, 0.1) is 6.92 Å². The third-order valence-electron chi connectivity index (χ3n) is 6.53. The van der Waals surface area contributed by atoms with Crippen molar-refractivity contribution in [3.8, 4) is 11.4 Å². The summed E-state index contributed by atoms with van der Waals surface area (Å²) in [6.45, 7) is 5.64. The number of hydrogen-bond donors (Lipinski definition) is 0. The van der Waals surface area contributed by atoms with Crippen molar-refractivity contribution in [3.63, 3.8) is 0 Å². The van der Waals surface area contributed by atoms with E-state index < -0.39 is 5.63 Å². The molecule has 0 saturated carbocycles. The van der Waals surface area contributed by atoms with E-state index in [2.05, 4.69) is 10.3 Å². The summed E-state index contributed by atoms with van der Waals surface area (Å²) in [7, 11) is 0. The number of aryl methyl sites for hydroxylation is 1. The van der Waals surface area contributed by atoms with Crippen molar-refractivity contribution in [3.05, 3.63) is 93.6 Å². The molecule has 37 heavy (non-hydrogen) atoms. The number of hydrogen-bond acceptors (Lipinski definition) is 7. The highest BCUT2D eigenvalue weighted by atomic mass is 16.5. The van der Waals surface area contributed by atoms with E-state index in [4.69, 9.17) is 9.15 Å². The Labute approximate surface area is 210 Å². The molecule has 9 heteroatoms. The summed E-state index contributed by atoms with van der Waals surface area (Å²) in [4.78, 5) is 39.1. The Morgan fingerprint density at radius 1 is 0.946 bits per heavy atom. The van der Waals surface area contributed by atoms with Crippen LogP contribution in [0.25, 0.3) is 27.4 Å². The fraction of sp³-hybridized carbons (Fsp3) is 0.179. The van der Waals surface area contributed by atoms with Crippen LogP contribution in [0.3, 0.4) is 0 Å². The van der Waals surface area contributed by atoms with Crippen molar-refractivity contribution < 1.29 is 18.7 Å². The van der Waals surface area contributed by atoms with E-state index in [-0.39, 0.29) is 24.5 Å². The molecular weight excluding hydrogens is 472 g/mol. The molecule has 9 nitrogen and oxygen atoms in total. The van der Waals surface area contributed by atoms with Gasteiger partial charge in [0, 0.05) is 45.5 Å². The first-order valence-electron chi connectivity index (χ1n) is 11.8. The van der Waals surface area contributed by atoms with E-state index in [1.807, 2.05) is 32.9 Å². The summed E-state index contributed by atoms with van der Waals surface area (Å²) >= 11 is 0. The second-order valence-electron chi connectivity index (χ2n) is 9.28. The zero-order chi connectivity index (χ0) is 25.8. The maximum atomic E-state index is 13.1. The standard InChI is InChI=1S/C28H22N4O5/c1-15(2)32-27(34)21-6-4-5-20-23(10-9-22(26(20)21)28(32)35)31-13-17(29-30-31)14-36-18-7-8-19-16(3)11-25(33)37-24(19)12-18/h4-13,15H,14H2,1-3H3. The van der Waals surface area contributed by atoms with Crippen molar-refractivity contribution in [2.45, 2.75) is 33.4 Å². The third-order valence-corrected chi connectivity index (χ3v) is 6.53. The lowest BCUT2D eigenvalue weighted by atomic mass is 9.92. The molecule has 0 spiro atoms. The first-order valence-corrected chi connectivity index (χ1v) is 11.8. The predicted molar refractivity (Wildman–Crippen MR) is 136 cm³/mol. The van der Waals surface area contributed by atoms with Gasteiger partial charge in [-0.3, -0.25) is 14.5 Å². The summed E-state index contributed by atoms with van der Waals surface area (Å²) in [6.07, 6.45) is 1.74. The number of carbonyl (C=O) groups is 2. The third kappa shape index (κ3) is 3.67. The van der Waals surface area contributed by atoms with Crippen molar-refractivity contribution >= 4 is 33.6 Å². The average Bonchev–Trinajstić information content (AvgIpc) is 3.34. The van der Waals surface area contributed by atoms with Crippen LogP contribution in [0.15, 0.2) is 70.0 Å². The van der Waals surface area contributed by atoms with E-state index in [0.717, 1.165) is 16.3 Å². The number of ether oxygens (including phenoxy) is 1.